The van der Waals surface area contributed by atoms with Crippen LogP contribution in [0.5, 0.6) is 0 Å². The van der Waals surface area contributed by atoms with Gasteiger partial charge in [0.1, 0.15) is 0 Å². The van der Waals surface area contributed by atoms with Crippen molar-refractivity contribution >= 4 is 23.3 Å². The third-order valence-corrected chi connectivity index (χ3v) is 6.53. The van der Waals surface area contributed by atoms with Crippen LogP contribution in [-0.4, -0.2) is 67.7 Å². The molecular weight excluding hydrogens is 464 g/mol. The molecule has 0 unspecified atom stereocenters. The first-order valence-electron chi connectivity index (χ1n) is 12.4. The van der Waals surface area contributed by atoms with Gasteiger partial charge in [-0.05, 0) is 36.5 Å². The van der Waals surface area contributed by atoms with Crippen molar-refractivity contribution in [3.8, 4) is 0 Å². The number of nitrogens with zero attached hydrogens (tertiary/aromatic N) is 3. The molecule has 0 spiro atoms. The number of nitro benzene ring substituents is 1. The molecule has 1 amide bonds. The van der Waals surface area contributed by atoms with E-state index >= 15 is 0 Å². The van der Waals surface area contributed by atoms with E-state index in [0.717, 1.165) is 63.1 Å². The average molecular weight is 497 g/mol. The summed E-state index contributed by atoms with van der Waals surface area (Å²) >= 11 is 0. The Morgan fingerprint density at radius 3 is 2.44 bits per heavy atom. The van der Waals surface area contributed by atoms with Gasteiger partial charge in [-0.15, -0.1) is 0 Å². The van der Waals surface area contributed by atoms with E-state index in [0.29, 0.717) is 25.4 Å². The Morgan fingerprint density at radius 2 is 1.72 bits per heavy atom. The minimum atomic E-state index is -0.748. The molecule has 0 bridgehead atoms. The van der Waals surface area contributed by atoms with Gasteiger partial charge in [0, 0.05) is 51.4 Å². The number of hydrogen-bond donors (Lipinski definition) is 1. The first-order chi connectivity index (χ1) is 17.5. The summed E-state index contributed by atoms with van der Waals surface area (Å²) in [6.07, 6.45) is 3.08. The number of amides is 1. The van der Waals surface area contributed by atoms with Crippen molar-refractivity contribution in [2.75, 3.05) is 50.9 Å². The second-order valence-corrected chi connectivity index (χ2v) is 9.02. The van der Waals surface area contributed by atoms with E-state index in [1.165, 1.54) is 12.1 Å². The molecule has 4 rings (SSSR count). The van der Waals surface area contributed by atoms with Gasteiger partial charge in [-0.25, -0.2) is 4.79 Å². The smallest absolute Gasteiger partial charge is 0.341 e. The summed E-state index contributed by atoms with van der Waals surface area (Å²) in [5.41, 5.74) is 2.63. The van der Waals surface area contributed by atoms with Crippen LogP contribution >= 0.6 is 0 Å². The lowest BCUT2D eigenvalue weighted by molar-refractivity contribution is -0.384. The Morgan fingerprint density at radius 1 is 1.00 bits per heavy atom. The van der Waals surface area contributed by atoms with E-state index in [2.05, 4.69) is 10.2 Å². The molecule has 2 saturated heterocycles. The fourth-order valence-electron chi connectivity index (χ4n) is 4.55. The lowest BCUT2D eigenvalue weighted by atomic mass is 10.1. The van der Waals surface area contributed by atoms with Gasteiger partial charge in [0.2, 0.25) is 0 Å². The summed E-state index contributed by atoms with van der Waals surface area (Å²) in [5, 5.41) is 14.1. The van der Waals surface area contributed by atoms with Gasteiger partial charge < -0.3 is 19.7 Å². The Hall–Kier alpha value is -3.50. The molecule has 2 aliphatic rings. The maximum atomic E-state index is 12.9. The Balaban J connectivity index is 1.35. The van der Waals surface area contributed by atoms with Crippen molar-refractivity contribution in [2.45, 2.75) is 32.4 Å². The zero-order chi connectivity index (χ0) is 25.3. The van der Waals surface area contributed by atoms with Gasteiger partial charge in [0.25, 0.3) is 11.6 Å². The van der Waals surface area contributed by atoms with Gasteiger partial charge in [0.15, 0.2) is 6.61 Å². The van der Waals surface area contributed by atoms with Crippen molar-refractivity contribution in [2.24, 2.45) is 0 Å². The first-order valence-corrected chi connectivity index (χ1v) is 12.4. The number of morpholine rings is 1. The number of hydrogen-bond acceptors (Lipinski definition) is 8. The molecule has 0 aromatic heterocycles. The first kappa shape index (κ1) is 25.6. The molecule has 0 saturated carbocycles. The molecule has 0 atom stereocenters. The Labute approximate surface area is 210 Å². The number of non-ortho nitro benzene ring substituents is 1. The van der Waals surface area contributed by atoms with Crippen molar-refractivity contribution < 1.29 is 24.0 Å². The molecule has 1 N–H and O–H groups in total. The van der Waals surface area contributed by atoms with Crippen LogP contribution in [-0.2, 0) is 27.4 Å². The molecular formula is C26H32N4O6. The molecule has 2 heterocycles. The van der Waals surface area contributed by atoms with E-state index in [-0.39, 0.29) is 11.3 Å². The molecule has 2 aromatic carbocycles. The monoisotopic (exact) mass is 496 g/mol. The van der Waals surface area contributed by atoms with Gasteiger partial charge >= 0.3 is 5.97 Å². The summed E-state index contributed by atoms with van der Waals surface area (Å²) in [6.45, 7) is 5.32. The molecule has 10 nitrogen and oxygen atoms in total. The van der Waals surface area contributed by atoms with Crippen LogP contribution in [0, 0.1) is 10.1 Å². The molecule has 192 valence electrons. The van der Waals surface area contributed by atoms with E-state index in [1.807, 2.05) is 29.2 Å². The predicted molar refractivity (Wildman–Crippen MR) is 134 cm³/mol. The molecule has 36 heavy (non-hydrogen) atoms. The fraction of sp³-hybridized carbons (Fsp3) is 0.462. The van der Waals surface area contributed by atoms with Gasteiger partial charge in [-0.1, -0.05) is 24.3 Å². The van der Waals surface area contributed by atoms with Crippen LogP contribution < -0.4 is 10.2 Å². The number of esters is 1. The van der Waals surface area contributed by atoms with Crippen LogP contribution in [0.25, 0.3) is 0 Å². The summed E-state index contributed by atoms with van der Waals surface area (Å²) in [7, 11) is 0. The maximum Gasteiger partial charge on any atom is 0.341 e. The average Bonchev–Trinajstić information content (AvgIpc) is 2.92. The highest BCUT2D eigenvalue weighted by Crippen LogP contribution is 2.28. The summed E-state index contributed by atoms with van der Waals surface area (Å²) in [5.74, 6) is -1.18. The molecule has 2 aliphatic heterocycles. The van der Waals surface area contributed by atoms with Crippen LogP contribution in [0.2, 0.25) is 0 Å². The highest BCUT2D eigenvalue weighted by molar-refractivity contribution is 5.97. The van der Waals surface area contributed by atoms with Gasteiger partial charge in [-0.3, -0.25) is 19.8 Å². The second-order valence-electron chi connectivity index (χ2n) is 9.02. The largest absolute Gasteiger partial charge is 0.452 e. The van der Waals surface area contributed by atoms with Crippen molar-refractivity contribution in [1.29, 1.82) is 0 Å². The second kappa shape index (κ2) is 12.5. The number of anilines is 1. The topological polar surface area (TPSA) is 114 Å². The third kappa shape index (κ3) is 6.79. The van der Waals surface area contributed by atoms with Crippen molar-refractivity contribution in [3.63, 3.8) is 0 Å². The SMILES string of the molecule is O=C(COC(=O)c1cc([N+](=O)[O-])ccc1N1CCCCC1)NCc1ccccc1CN1CCOCC1. The van der Waals surface area contributed by atoms with Crippen LogP contribution in [0.3, 0.4) is 0 Å². The zero-order valence-electron chi connectivity index (χ0n) is 20.3. The van der Waals surface area contributed by atoms with E-state index in [4.69, 9.17) is 9.47 Å². The number of carbonyl (C=O) groups is 2. The number of nitrogens with one attached hydrogen (secondary N) is 1. The van der Waals surface area contributed by atoms with E-state index in [1.54, 1.807) is 6.07 Å². The van der Waals surface area contributed by atoms with Crippen LogP contribution in [0.15, 0.2) is 42.5 Å². The number of ether oxygens (including phenoxy) is 2. The van der Waals surface area contributed by atoms with Crippen LogP contribution in [0.1, 0.15) is 40.7 Å². The highest BCUT2D eigenvalue weighted by atomic mass is 16.6. The molecule has 0 radical (unpaired) electrons. The number of carbonyl (C=O) groups excluding carboxylic acids is 2. The lowest BCUT2D eigenvalue weighted by Crippen LogP contribution is -2.36. The lowest BCUT2D eigenvalue weighted by Gasteiger charge is -2.30. The maximum absolute atomic E-state index is 12.9. The number of piperidine rings is 1. The number of benzene rings is 2. The molecule has 10 heteroatoms. The predicted octanol–water partition coefficient (Wildman–Crippen LogP) is 2.89. The summed E-state index contributed by atoms with van der Waals surface area (Å²) in [4.78, 5) is 40.4. The summed E-state index contributed by atoms with van der Waals surface area (Å²) < 4.78 is 10.7. The Bertz CT molecular complexity index is 1080. The molecule has 0 aliphatic carbocycles. The normalized spacial score (nSPS) is 16.4. The minimum Gasteiger partial charge on any atom is -0.452 e. The minimum absolute atomic E-state index is 0.106. The number of nitro groups is 1. The van der Waals surface area contributed by atoms with E-state index < -0.39 is 23.4 Å². The standard InChI is InChI=1S/C26H32N4O6/c31-25(27-17-20-6-2-3-7-21(20)18-28-12-14-35-15-13-28)19-36-26(32)23-16-22(30(33)34)8-9-24(23)29-10-4-1-5-11-29/h2-3,6-9,16H,1,4-5,10-15,17-19H2,(H,27,31). The highest BCUT2D eigenvalue weighted by Gasteiger charge is 2.23. The van der Waals surface area contributed by atoms with E-state index in [9.17, 15) is 19.7 Å². The zero-order valence-corrected chi connectivity index (χ0v) is 20.3. The van der Waals surface area contributed by atoms with Gasteiger partial charge in [-0.2, -0.15) is 0 Å². The number of rotatable bonds is 9. The van der Waals surface area contributed by atoms with Crippen LogP contribution in [0.4, 0.5) is 11.4 Å². The molecule has 2 aromatic rings. The fourth-order valence-corrected chi connectivity index (χ4v) is 4.55. The Kier molecular flexibility index (Phi) is 8.85. The third-order valence-electron chi connectivity index (χ3n) is 6.53. The van der Waals surface area contributed by atoms with Gasteiger partial charge in [0.05, 0.1) is 29.4 Å². The van der Waals surface area contributed by atoms with Crippen molar-refractivity contribution in [3.05, 3.63) is 69.3 Å². The molecule has 2 fully saturated rings. The van der Waals surface area contributed by atoms with Crippen molar-refractivity contribution in [1.82, 2.24) is 10.2 Å². The quantitative estimate of drug-likeness (QED) is 0.320. The summed E-state index contributed by atoms with van der Waals surface area (Å²) in [6, 6.07) is 12.1.